The second-order valence-corrected chi connectivity index (χ2v) is 28.8. The Balaban J connectivity index is 3.74. The van der Waals surface area contributed by atoms with Gasteiger partial charge >= 0.3 is 19.8 Å². The summed E-state index contributed by atoms with van der Waals surface area (Å²) in [5.41, 5.74) is 5.42. The van der Waals surface area contributed by atoms with Crippen LogP contribution in [-0.4, -0.2) is 49.3 Å². The first kappa shape index (κ1) is 87.5. The maximum atomic E-state index is 12.8. The highest BCUT2D eigenvalue weighted by Gasteiger charge is 2.26. The van der Waals surface area contributed by atoms with Crippen molar-refractivity contribution in [1.82, 2.24) is 0 Å². The molecule has 0 heterocycles. The molecule has 3 N–H and O–H groups in total. The van der Waals surface area contributed by atoms with E-state index < -0.39 is 26.5 Å². The second kappa shape index (κ2) is 75.5. The number of esters is 2. The van der Waals surface area contributed by atoms with Gasteiger partial charge < -0.3 is 20.1 Å². The monoisotopic (exact) mass is 1280 g/mol. The third kappa shape index (κ3) is 75.4. The molecule has 0 amide bonds. The van der Waals surface area contributed by atoms with Crippen molar-refractivity contribution in [3.63, 3.8) is 0 Å². The first-order chi connectivity index (χ1) is 43.8. The predicted octanol–water partition coefficient (Wildman–Crippen LogP) is 26.4. The SMILES string of the molecule is CCCCCCC/C=C\C/C=C\CCCCCCCCCCCCCCCCCCCCCCCCCC(=O)OC(COC(=O)CCCCCCCCCCCCCCCCCCCCCCCCCCCCCCCCCCC)COP(=O)(O)OCCN. The highest BCUT2D eigenvalue weighted by atomic mass is 31.2. The Labute approximate surface area is 554 Å². The number of phosphoric acid groups is 1. The molecule has 0 radical (unpaired) electrons. The fourth-order valence-electron chi connectivity index (χ4n) is 12.4. The van der Waals surface area contributed by atoms with E-state index in [2.05, 4.69) is 38.2 Å². The second-order valence-electron chi connectivity index (χ2n) is 27.3. The van der Waals surface area contributed by atoms with Gasteiger partial charge in [0.25, 0.3) is 0 Å². The topological polar surface area (TPSA) is 134 Å². The molecule has 0 spiro atoms. The summed E-state index contributed by atoms with van der Waals surface area (Å²) in [4.78, 5) is 35.4. The van der Waals surface area contributed by atoms with E-state index in [4.69, 9.17) is 24.3 Å². The van der Waals surface area contributed by atoms with Gasteiger partial charge in [0, 0.05) is 19.4 Å². The molecule has 528 valence electrons. The summed E-state index contributed by atoms with van der Waals surface area (Å²) in [6.45, 7) is 3.83. The van der Waals surface area contributed by atoms with E-state index in [0.717, 1.165) is 38.5 Å². The van der Waals surface area contributed by atoms with Crippen molar-refractivity contribution in [3.8, 4) is 0 Å². The summed E-state index contributed by atoms with van der Waals surface area (Å²) < 4.78 is 33.3. The molecular formula is C79H154NO8P. The zero-order valence-corrected chi connectivity index (χ0v) is 60.6. The maximum absolute atomic E-state index is 12.8. The van der Waals surface area contributed by atoms with Gasteiger partial charge in [0.15, 0.2) is 6.10 Å². The smallest absolute Gasteiger partial charge is 0.462 e. The molecular weight excluding hydrogens is 1120 g/mol. The summed E-state index contributed by atoms with van der Waals surface area (Å²) >= 11 is 0. The van der Waals surface area contributed by atoms with Crippen LogP contribution >= 0.6 is 7.82 Å². The normalized spacial score (nSPS) is 12.9. The van der Waals surface area contributed by atoms with Crippen molar-refractivity contribution in [3.05, 3.63) is 24.3 Å². The molecule has 9 nitrogen and oxygen atoms in total. The molecule has 0 rings (SSSR count). The Morgan fingerprint density at radius 2 is 0.584 bits per heavy atom. The molecule has 0 aromatic rings. The van der Waals surface area contributed by atoms with Crippen molar-refractivity contribution >= 4 is 19.8 Å². The highest BCUT2D eigenvalue weighted by molar-refractivity contribution is 7.47. The number of allylic oxidation sites excluding steroid dienone is 4. The minimum Gasteiger partial charge on any atom is -0.462 e. The Hall–Kier alpha value is -1.51. The molecule has 0 aliphatic carbocycles. The summed E-state index contributed by atoms with van der Waals surface area (Å²) in [5.74, 6) is -0.798. The molecule has 0 saturated heterocycles. The van der Waals surface area contributed by atoms with Crippen LogP contribution in [0.15, 0.2) is 24.3 Å². The first-order valence-electron chi connectivity index (χ1n) is 39.8. The van der Waals surface area contributed by atoms with Crippen LogP contribution < -0.4 is 5.73 Å². The molecule has 0 aliphatic heterocycles. The van der Waals surface area contributed by atoms with E-state index in [1.807, 2.05) is 0 Å². The summed E-state index contributed by atoms with van der Waals surface area (Å²) in [6.07, 6.45) is 94.7. The molecule has 0 fully saturated rings. The quantitative estimate of drug-likeness (QED) is 0.0264. The third-order valence-electron chi connectivity index (χ3n) is 18.3. The van der Waals surface area contributed by atoms with Crippen molar-refractivity contribution in [2.45, 2.75) is 444 Å². The summed E-state index contributed by atoms with van der Waals surface area (Å²) in [5, 5.41) is 0. The van der Waals surface area contributed by atoms with Crippen LogP contribution in [0.4, 0.5) is 0 Å². The lowest BCUT2D eigenvalue weighted by Crippen LogP contribution is -2.29. The predicted molar refractivity (Wildman–Crippen MR) is 386 cm³/mol. The third-order valence-corrected chi connectivity index (χ3v) is 19.3. The van der Waals surface area contributed by atoms with Gasteiger partial charge in [-0.2, -0.15) is 0 Å². The van der Waals surface area contributed by atoms with Gasteiger partial charge in [-0.25, -0.2) is 4.57 Å². The average Bonchev–Trinajstić information content (AvgIpc) is 3.66. The van der Waals surface area contributed by atoms with E-state index >= 15 is 0 Å². The number of rotatable bonds is 77. The van der Waals surface area contributed by atoms with E-state index in [1.165, 1.54) is 366 Å². The number of phosphoric ester groups is 1. The van der Waals surface area contributed by atoms with Crippen LogP contribution in [0.5, 0.6) is 0 Å². The number of hydrogen-bond acceptors (Lipinski definition) is 8. The Morgan fingerprint density at radius 1 is 0.337 bits per heavy atom. The van der Waals surface area contributed by atoms with Crippen molar-refractivity contribution in [1.29, 1.82) is 0 Å². The minimum atomic E-state index is -4.39. The van der Waals surface area contributed by atoms with Gasteiger partial charge in [0.1, 0.15) is 6.61 Å². The van der Waals surface area contributed by atoms with Crippen molar-refractivity contribution < 1.29 is 37.6 Å². The van der Waals surface area contributed by atoms with Crippen LogP contribution in [0, 0.1) is 0 Å². The summed E-state index contributed by atoms with van der Waals surface area (Å²) in [7, 11) is -4.39. The van der Waals surface area contributed by atoms with Crippen LogP contribution in [0.25, 0.3) is 0 Å². The lowest BCUT2D eigenvalue weighted by atomic mass is 10.0. The summed E-state index contributed by atoms with van der Waals surface area (Å²) in [6, 6.07) is 0. The van der Waals surface area contributed by atoms with Crippen LogP contribution in [-0.2, 0) is 32.7 Å². The van der Waals surface area contributed by atoms with Gasteiger partial charge in [0.2, 0.25) is 0 Å². The zero-order valence-electron chi connectivity index (χ0n) is 59.7. The molecule has 10 heteroatoms. The highest BCUT2D eigenvalue weighted by Crippen LogP contribution is 2.43. The molecule has 2 unspecified atom stereocenters. The number of nitrogens with two attached hydrogens (primary N) is 1. The lowest BCUT2D eigenvalue weighted by Gasteiger charge is -2.19. The molecule has 0 bridgehead atoms. The van der Waals surface area contributed by atoms with Gasteiger partial charge in [0.05, 0.1) is 13.2 Å². The van der Waals surface area contributed by atoms with Gasteiger partial charge in [-0.3, -0.25) is 18.6 Å². The number of carbonyl (C=O) groups excluding carboxylic acids is 2. The molecule has 0 saturated carbocycles. The Morgan fingerprint density at radius 3 is 0.854 bits per heavy atom. The van der Waals surface area contributed by atoms with Gasteiger partial charge in [-0.15, -0.1) is 0 Å². The number of carbonyl (C=O) groups is 2. The number of unbranched alkanes of at least 4 members (excludes halogenated alkanes) is 60. The minimum absolute atomic E-state index is 0.0575. The van der Waals surface area contributed by atoms with Crippen molar-refractivity contribution in [2.75, 3.05) is 26.4 Å². The molecule has 89 heavy (non-hydrogen) atoms. The van der Waals surface area contributed by atoms with E-state index in [-0.39, 0.29) is 38.6 Å². The van der Waals surface area contributed by atoms with E-state index in [0.29, 0.717) is 6.42 Å². The van der Waals surface area contributed by atoms with Crippen molar-refractivity contribution in [2.24, 2.45) is 5.73 Å². The lowest BCUT2D eigenvalue weighted by molar-refractivity contribution is -0.161. The molecule has 0 aromatic heterocycles. The molecule has 2 atom stereocenters. The van der Waals surface area contributed by atoms with Crippen LogP contribution in [0.2, 0.25) is 0 Å². The zero-order chi connectivity index (χ0) is 64.4. The first-order valence-corrected chi connectivity index (χ1v) is 41.3. The molecule has 0 aliphatic rings. The average molecular weight is 1280 g/mol. The van der Waals surface area contributed by atoms with Crippen LogP contribution in [0.1, 0.15) is 438 Å². The maximum Gasteiger partial charge on any atom is 0.472 e. The van der Waals surface area contributed by atoms with Gasteiger partial charge in [-0.1, -0.05) is 404 Å². The standard InChI is InChI=1S/C79H154NO8P/c1-3-5-7-9-11-13-15-17-19-21-23-25-27-29-31-33-35-37-38-40-42-44-46-48-50-52-54-56-58-60-62-64-66-68-70-72-79(82)88-77(76-87-89(83,84)86-74-73-80)75-85-78(81)71-69-67-65-63-61-59-57-55-53-51-49-47-45-43-41-39-36-34-32-30-28-26-24-22-20-18-16-14-12-10-8-6-4-2/h15,17,21,23,77H,3-14,16,18-20,22,24-76,80H2,1-2H3,(H,83,84)/b17-15-,23-21-. The Bertz CT molecular complexity index is 1510. The number of hydrogen-bond donors (Lipinski definition) is 2. The van der Waals surface area contributed by atoms with Gasteiger partial charge in [-0.05, 0) is 44.9 Å². The van der Waals surface area contributed by atoms with Crippen LogP contribution in [0.3, 0.4) is 0 Å². The Kier molecular flexibility index (Phi) is 74.2. The van der Waals surface area contributed by atoms with E-state index in [1.54, 1.807) is 0 Å². The molecule has 0 aromatic carbocycles. The van der Waals surface area contributed by atoms with E-state index in [9.17, 15) is 19.0 Å². The largest absolute Gasteiger partial charge is 0.472 e. The fourth-order valence-corrected chi connectivity index (χ4v) is 13.2. The fraction of sp³-hybridized carbons (Fsp3) is 0.924. The number of ether oxygens (including phenoxy) is 2.